The lowest BCUT2D eigenvalue weighted by Gasteiger charge is -1.89. The van der Waals surface area contributed by atoms with Crippen molar-refractivity contribution in [3.63, 3.8) is 0 Å². The van der Waals surface area contributed by atoms with Crippen molar-refractivity contribution < 1.29 is 0 Å². The Balaban J connectivity index is 2.26. The average molecular weight is 220 g/mol. The van der Waals surface area contributed by atoms with Crippen molar-refractivity contribution in [2.75, 3.05) is 5.73 Å². The summed E-state index contributed by atoms with van der Waals surface area (Å²) in [6.45, 7) is 0. The van der Waals surface area contributed by atoms with E-state index in [2.05, 4.69) is 15.2 Å². The third-order valence-electron chi connectivity index (χ3n) is 1.67. The average Bonchev–Trinajstić information content (AvgIpc) is 2.56. The quantitative estimate of drug-likeness (QED) is 0.762. The largest absolute Gasteiger partial charge is 0.383 e. The molecule has 1 aromatic carbocycles. The van der Waals surface area contributed by atoms with Crippen LogP contribution in [-0.2, 0) is 0 Å². The maximum Gasteiger partial charge on any atom is 0.308 e. The van der Waals surface area contributed by atoms with Crippen LogP contribution >= 0.6 is 11.3 Å². The normalized spacial score (nSPS) is 10.9. The Morgan fingerprint density at radius 3 is 2.53 bits per heavy atom. The Morgan fingerprint density at radius 1 is 1.20 bits per heavy atom. The predicted octanol–water partition coefficient (Wildman–Crippen LogP) is 2.43. The zero-order valence-corrected chi connectivity index (χ0v) is 8.49. The Kier molecular flexibility index (Phi) is 2.59. The number of thiazole rings is 1. The maximum atomic E-state index is 10.9. The van der Waals surface area contributed by atoms with Crippen LogP contribution in [0, 0.1) is 0 Å². The van der Waals surface area contributed by atoms with E-state index in [9.17, 15) is 4.79 Å². The molecule has 0 spiro atoms. The van der Waals surface area contributed by atoms with Crippen molar-refractivity contribution in [2.45, 2.75) is 0 Å². The molecular formula is C9H8N4OS. The maximum absolute atomic E-state index is 10.9. The van der Waals surface area contributed by atoms with Gasteiger partial charge in [-0.1, -0.05) is 29.5 Å². The summed E-state index contributed by atoms with van der Waals surface area (Å²) in [7, 11) is 0. The zero-order chi connectivity index (χ0) is 10.7. The van der Waals surface area contributed by atoms with E-state index in [0.717, 1.165) is 17.0 Å². The molecule has 0 fully saturated rings. The van der Waals surface area contributed by atoms with Gasteiger partial charge in [-0.25, -0.2) is 0 Å². The van der Waals surface area contributed by atoms with Gasteiger partial charge in [-0.2, -0.15) is 0 Å². The molecule has 0 aliphatic carbocycles. The van der Waals surface area contributed by atoms with Crippen LogP contribution in [0.3, 0.4) is 0 Å². The molecule has 0 unspecified atom stereocenters. The molecule has 0 atom stereocenters. The fourth-order valence-electron chi connectivity index (χ4n) is 1.00. The summed E-state index contributed by atoms with van der Waals surface area (Å²) in [4.78, 5) is 13.1. The van der Waals surface area contributed by atoms with Gasteiger partial charge in [0.25, 0.3) is 0 Å². The van der Waals surface area contributed by atoms with E-state index < -0.39 is 0 Å². The van der Waals surface area contributed by atoms with Crippen molar-refractivity contribution >= 4 is 27.8 Å². The van der Waals surface area contributed by atoms with Gasteiger partial charge in [0.05, 0.1) is 5.69 Å². The second kappa shape index (κ2) is 4.05. The fraction of sp³-hybridized carbons (Fsp3) is 0. The molecule has 6 heteroatoms. The van der Waals surface area contributed by atoms with Gasteiger partial charge >= 0.3 is 4.87 Å². The number of aromatic nitrogens is 1. The van der Waals surface area contributed by atoms with Crippen LogP contribution in [0.5, 0.6) is 0 Å². The fourth-order valence-corrected chi connectivity index (χ4v) is 1.58. The monoisotopic (exact) mass is 220 g/mol. The van der Waals surface area contributed by atoms with Gasteiger partial charge in [0, 0.05) is 0 Å². The van der Waals surface area contributed by atoms with Crippen LogP contribution in [0.4, 0.5) is 16.5 Å². The van der Waals surface area contributed by atoms with E-state index >= 15 is 0 Å². The molecule has 1 aromatic heterocycles. The number of H-pyrrole nitrogens is 1. The van der Waals surface area contributed by atoms with Crippen LogP contribution in [0.1, 0.15) is 0 Å². The molecule has 0 saturated heterocycles. The number of nitrogens with two attached hydrogens (primary N) is 1. The van der Waals surface area contributed by atoms with Crippen molar-refractivity contribution in [2.24, 2.45) is 10.2 Å². The van der Waals surface area contributed by atoms with Gasteiger partial charge in [-0.05, 0) is 12.1 Å². The molecule has 0 bridgehead atoms. The van der Waals surface area contributed by atoms with E-state index in [4.69, 9.17) is 5.73 Å². The molecule has 0 aliphatic rings. The summed E-state index contributed by atoms with van der Waals surface area (Å²) in [5.41, 5.74) is 6.23. The SMILES string of the molecule is Nc1[nH]c(=O)sc1N=Nc1ccccc1. The number of nitrogen functional groups attached to an aromatic ring is 1. The van der Waals surface area contributed by atoms with Gasteiger partial charge < -0.3 is 5.73 Å². The van der Waals surface area contributed by atoms with E-state index in [1.807, 2.05) is 30.3 Å². The van der Waals surface area contributed by atoms with Crippen molar-refractivity contribution in [3.05, 3.63) is 40.0 Å². The highest BCUT2D eigenvalue weighted by Gasteiger charge is 2.02. The second-order valence-electron chi connectivity index (χ2n) is 2.77. The van der Waals surface area contributed by atoms with Crippen molar-refractivity contribution in [1.82, 2.24) is 4.98 Å². The highest BCUT2D eigenvalue weighted by Crippen LogP contribution is 2.24. The summed E-state index contributed by atoms with van der Waals surface area (Å²) in [6.07, 6.45) is 0. The highest BCUT2D eigenvalue weighted by atomic mass is 32.1. The first-order valence-electron chi connectivity index (χ1n) is 4.21. The first-order valence-corrected chi connectivity index (χ1v) is 5.03. The van der Waals surface area contributed by atoms with Crippen LogP contribution in [0.25, 0.3) is 0 Å². The van der Waals surface area contributed by atoms with Gasteiger partial charge in [0.1, 0.15) is 5.82 Å². The minimum atomic E-state index is -0.227. The first kappa shape index (κ1) is 9.60. The van der Waals surface area contributed by atoms with Gasteiger partial charge in [0.2, 0.25) is 0 Å². The standard InChI is InChI=1S/C9H8N4OS/c10-7-8(15-9(14)11-7)13-12-6-4-2-1-3-5-6/h1-5H,10H2,(H,11,14). The van der Waals surface area contributed by atoms with Crippen molar-refractivity contribution in [3.8, 4) is 0 Å². The first-order chi connectivity index (χ1) is 7.25. The second-order valence-corrected chi connectivity index (χ2v) is 3.73. The van der Waals surface area contributed by atoms with Crippen LogP contribution in [0.15, 0.2) is 45.4 Å². The molecular weight excluding hydrogens is 212 g/mol. The summed E-state index contributed by atoms with van der Waals surface area (Å²) in [6, 6.07) is 9.24. The lowest BCUT2D eigenvalue weighted by Crippen LogP contribution is -1.94. The zero-order valence-electron chi connectivity index (χ0n) is 7.68. The van der Waals surface area contributed by atoms with Crippen LogP contribution in [-0.4, -0.2) is 4.98 Å². The molecule has 15 heavy (non-hydrogen) atoms. The number of anilines is 1. The Hall–Kier alpha value is -1.95. The summed E-state index contributed by atoms with van der Waals surface area (Å²) < 4.78 is 0. The highest BCUT2D eigenvalue weighted by molar-refractivity contribution is 7.13. The minimum absolute atomic E-state index is 0.227. The van der Waals surface area contributed by atoms with Crippen LogP contribution < -0.4 is 10.6 Å². The molecule has 0 amide bonds. The molecule has 2 aromatic rings. The van der Waals surface area contributed by atoms with Gasteiger partial charge in [-0.15, -0.1) is 10.2 Å². The number of nitrogens with one attached hydrogen (secondary N) is 1. The number of azo groups is 1. The minimum Gasteiger partial charge on any atom is -0.383 e. The van der Waals surface area contributed by atoms with Crippen molar-refractivity contribution in [1.29, 1.82) is 0 Å². The van der Waals surface area contributed by atoms with Crippen LogP contribution in [0.2, 0.25) is 0 Å². The third kappa shape index (κ3) is 2.29. The summed E-state index contributed by atoms with van der Waals surface area (Å²) in [5, 5.41) is 8.24. The Morgan fingerprint density at radius 2 is 1.93 bits per heavy atom. The number of benzene rings is 1. The molecule has 3 N–H and O–H groups in total. The van der Waals surface area contributed by atoms with Gasteiger partial charge in [0.15, 0.2) is 5.00 Å². The molecule has 1 heterocycles. The number of nitrogens with zero attached hydrogens (tertiary/aromatic N) is 2. The molecule has 0 radical (unpaired) electrons. The number of hydrogen-bond acceptors (Lipinski definition) is 5. The molecule has 0 aliphatic heterocycles. The lowest BCUT2D eigenvalue weighted by atomic mass is 10.3. The number of rotatable bonds is 2. The Labute approximate surface area is 89.3 Å². The van der Waals surface area contributed by atoms with E-state index in [-0.39, 0.29) is 10.7 Å². The smallest absolute Gasteiger partial charge is 0.308 e. The summed E-state index contributed by atoms with van der Waals surface area (Å²) >= 11 is 0.937. The van der Waals surface area contributed by atoms with Gasteiger partial charge in [-0.3, -0.25) is 9.78 Å². The topological polar surface area (TPSA) is 83.6 Å². The number of aromatic amines is 1. The summed E-state index contributed by atoms with van der Waals surface area (Å²) in [5.74, 6) is 0.254. The predicted molar refractivity (Wildman–Crippen MR) is 60.0 cm³/mol. The molecule has 0 saturated carbocycles. The number of hydrogen-bond donors (Lipinski definition) is 2. The molecule has 5 nitrogen and oxygen atoms in total. The Bertz CT molecular complexity index is 529. The van der Waals surface area contributed by atoms with E-state index in [0.29, 0.717) is 5.00 Å². The molecule has 2 rings (SSSR count). The van der Waals surface area contributed by atoms with E-state index in [1.54, 1.807) is 0 Å². The third-order valence-corrected chi connectivity index (χ3v) is 2.45. The van der Waals surface area contributed by atoms with E-state index in [1.165, 1.54) is 0 Å². The molecule has 76 valence electrons. The lowest BCUT2D eigenvalue weighted by molar-refractivity contribution is 1.24.